The number of nitrogen functional groups attached to an aromatic ring is 1. The predicted octanol–water partition coefficient (Wildman–Crippen LogP) is 2.53. The van der Waals surface area contributed by atoms with E-state index in [0.29, 0.717) is 30.7 Å². The van der Waals surface area contributed by atoms with Crippen molar-refractivity contribution >= 4 is 23.2 Å². The van der Waals surface area contributed by atoms with Gasteiger partial charge in [-0.3, -0.25) is 9.78 Å². The van der Waals surface area contributed by atoms with Gasteiger partial charge in [0, 0.05) is 30.4 Å². The molecule has 1 unspecified atom stereocenters. The number of amides is 1. The van der Waals surface area contributed by atoms with Crippen molar-refractivity contribution in [2.75, 3.05) is 17.2 Å². The van der Waals surface area contributed by atoms with Crippen molar-refractivity contribution in [2.24, 2.45) is 0 Å². The molecule has 31 heavy (non-hydrogen) atoms. The molecule has 1 saturated heterocycles. The molecular formula is C21H25F2N7O. The number of carbonyl (C=O) groups is 1. The Bertz CT molecular complexity index is 1090. The van der Waals surface area contributed by atoms with Gasteiger partial charge in [0.25, 0.3) is 5.91 Å². The van der Waals surface area contributed by atoms with Crippen molar-refractivity contribution < 1.29 is 13.6 Å². The number of halogens is 2. The highest BCUT2D eigenvalue weighted by molar-refractivity contribution is 6.04. The average Bonchev–Trinajstić information content (AvgIpc) is 3.24. The number of alkyl halides is 1. The van der Waals surface area contributed by atoms with Crippen molar-refractivity contribution in [3.8, 4) is 0 Å². The maximum atomic E-state index is 13.8. The van der Waals surface area contributed by atoms with Crippen LogP contribution in [0.4, 0.5) is 20.4 Å². The van der Waals surface area contributed by atoms with E-state index in [1.54, 1.807) is 18.3 Å². The van der Waals surface area contributed by atoms with Crippen molar-refractivity contribution in [2.45, 2.75) is 51.4 Å². The maximum Gasteiger partial charge on any atom is 0.259 e. The molecule has 0 saturated carbocycles. The maximum absolute atomic E-state index is 13.8. The molecule has 0 spiro atoms. The van der Waals surface area contributed by atoms with Gasteiger partial charge in [-0.1, -0.05) is 0 Å². The van der Waals surface area contributed by atoms with Crippen LogP contribution in [0.2, 0.25) is 0 Å². The monoisotopic (exact) mass is 429 g/mol. The minimum atomic E-state index is -0.901. The van der Waals surface area contributed by atoms with Gasteiger partial charge in [-0.15, -0.1) is 5.10 Å². The number of carbonyl (C=O) groups excluding carboxylic acids is 1. The van der Waals surface area contributed by atoms with Crippen LogP contribution in [0.15, 0.2) is 30.6 Å². The number of hydrogen-bond donors (Lipinski definition) is 2. The first-order valence-electron chi connectivity index (χ1n) is 10.3. The summed E-state index contributed by atoms with van der Waals surface area (Å²) in [6.07, 6.45) is 3.60. The summed E-state index contributed by atoms with van der Waals surface area (Å²) in [4.78, 5) is 23.4. The third-order valence-electron chi connectivity index (χ3n) is 5.54. The minimum absolute atomic E-state index is 0.0163. The number of nitrogens with two attached hydrogens (primary N) is 1. The van der Waals surface area contributed by atoms with Gasteiger partial charge in [0.1, 0.15) is 23.4 Å². The number of pyridine rings is 1. The molecule has 1 amide bonds. The summed E-state index contributed by atoms with van der Waals surface area (Å²) in [7, 11) is 0. The second-order valence-corrected chi connectivity index (χ2v) is 8.03. The van der Waals surface area contributed by atoms with Crippen molar-refractivity contribution in [3.63, 3.8) is 0 Å². The van der Waals surface area contributed by atoms with Gasteiger partial charge in [0.15, 0.2) is 11.5 Å². The summed E-state index contributed by atoms with van der Waals surface area (Å²) in [5.74, 6) is -0.0997. The zero-order valence-corrected chi connectivity index (χ0v) is 17.4. The normalized spacial score (nSPS) is 19.7. The van der Waals surface area contributed by atoms with E-state index in [-0.39, 0.29) is 41.7 Å². The Kier molecular flexibility index (Phi) is 5.71. The molecule has 0 aliphatic carbocycles. The zero-order valence-electron chi connectivity index (χ0n) is 17.4. The lowest BCUT2D eigenvalue weighted by Gasteiger charge is -2.22. The lowest BCUT2D eigenvalue weighted by Crippen LogP contribution is -2.33. The van der Waals surface area contributed by atoms with E-state index in [9.17, 15) is 13.6 Å². The number of rotatable bonds is 6. The van der Waals surface area contributed by atoms with Crippen LogP contribution < -0.4 is 16.0 Å². The summed E-state index contributed by atoms with van der Waals surface area (Å²) >= 11 is 0. The Morgan fingerprint density at radius 2 is 2.19 bits per heavy atom. The van der Waals surface area contributed by atoms with Crippen LogP contribution in [0.1, 0.15) is 42.7 Å². The quantitative estimate of drug-likeness (QED) is 0.625. The van der Waals surface area contributed by atoms with Gasteiger partial charge >= 0.3 is 0 Å². The summed E-state index contributed by atoms with van der Waals surface area (Å²) in [6.45, 7) is 4.08. The number of fused-ring (bicyclic) bond motifs is 1. The van der Waals surface area contributed by atoms with Crippen molar-refractivity contribution in [3.05, 3.63) is 47.7 Å². The fraction of sp³-hybridized carbons (Fsp3) is 0.429. The molecule has 3 aromatic rings. The van der Waals surface area contributed by atoms with E-state index < -0.39 is 6.17 Å². The standard InChI is InChI=1S/C21H25F2N7O/c1-12(3-5-16-6-4-14(22)10-25-16)26-21(31)18-19(24)28-30-8-7-17(27-20(18)30)29-11-15(23)9-13(29)2/h4,6-8,10,12-13,15H,3,5,9,11H2,1-2H3,(H2,24,28)(H,26,31)/t12?,13-,15+/m1/s1. The number of aryl methyl sites for hydroxylation is 1. The van der Waals surface area contributed by atoms with E-state index >= 15 is 0 Å². The van der Waals surface area contributed by atoms with E-state index in [1.165, 1.54) is 16.8 Å². The van der Waals surface area contributed by atoms with E-state index in [4.69, 9.17) is 5.73 Å². The van der Waals surface area contributed by atoms with Gasteiger partial charge < -0.3 is 16.0 Å². The molecule has 164 valence electrons. The second kappa shape index (κ2) is 8.44. The molecule has 3 aromatic heterocycles. The lowest BCUT2D eigenvalue weighted by molar-refractivity contribution is 0.0940. The molecule has 1 aliphatic rings. The highest BCUT2D eigenvalue weighted by atomic mass is 19.1. The van der Waals surface area contributed by atoms with Crippen LogP contribution in [0.25, 0.3) is 5.65 Å². The Labute approximate surface area is 178 Å². The summed E-state index contributed by atoms with van der Waals surface area (Å²) < 4.78 is 28.2. The number of nitrogens with zero attached hydrogens (tertiary/aromatic N) is 5. The molecule has 0 bridgehead atoms. The summed E-state index contributed by atoms with van der Waals surface area (Å²) in [6, 6.07) is 4.57. The molecule has 4 rings (SSSR count). The first-order chi connectivity index (χ1) is 14.8. The van der Waals surface area contributed by atoms with Crippen molar-refractivity contribution in [1.82, 2.24) is 24.9 Å². The Morgan fingerprint density at radius 3 is 2.87 bits per heavy atom. The first kappa shape index (κ1) is 21.0. The molecule has 4 heterocycles. The van der Waals surface area contributed by atoms with Crippen LogP contribution >= 0.6 is 0 Å². The fourth-order valence-electron chi connectivity index (χ4n) is 3.89. The number of hydrogen-bond acceptors (Lipinski definition) is 6. The minimum Gasteiger partial charge on any atom is -0.381 e. The highest BCUT2D eigenvalue weighted by Gasteiger charge is 2.30. The molecule has 1 fully saturated rings. The average molecular weight is 429 g/mol. The number of anilines is 2. The lowest BCUT2D eigenvalue weighted by atomic mass is 10.1. The largest absolute Gasteiger partial charge is 0.381 e. The SMILES string of the molecule is CC(CCc1ccc(F)cn1)NC(=O)c1c(N)nn2ccc(N3C[C@@H](F)C[C@H]3C)nc12. The topological polar surface area (TPSA) is 101 Å². The van der Waals surface area contributed by atoms with E-state index in [1.807, 2.05) is 18.7 Å². The Balaban J connectivity index is 1.49. The fourth-order valence-corrected chi connectivity index (χ4v) is 3.89. The van der Waals surface area contributed by atoms with E-state index in [2.05, 4.69) is 20.4 Å². The Hall–Kier alpha value is -3.30. The number of nitrogens with one attached hydrogen (secondary N) is 1. The second-order valence-electron chi connectivity index (χ2n) is 8.03. The van der Waals surface area contributed by atoms with Crippen molar-refractivity contribution in [1.29, 1.82) is 0 Å². The van der Waals surface area contributed by atoms with Crippen LogP contribution in [-0.4, -0.2) is 50.3 Å². The molecular weight excluding hydrogens is 404 g/mol. The van der Waals surface area contributed by atoms with Crippen LogP contribution in [0, 0.1) is 5.82 Å². The van der Waals surface area contributed by atoms with Gasteiger partial charge in [-0.05, 0) is 44.9 Å². The predicted molar refractivity (Wildman–Crippen MR) is 113 cm³/mol. The molecule has 0 radical (unpaired) electrons. The first-order valence-corrected chi connectivity index (χ1v) is 10.3. The van der Waals surface area contributed by atoms with Gasteiger partial charge in [-0.2, -0.15) is 0 Å². The van der Waals surface area contributed by atoms with Gasteiger partial charge in [-0.25, -0.2) is 18.3 Å². The van der Waals surface area contributed by atoms with Crippen LogP contribution in [0.5, 0.6) is 0 Å². The third kappa shape index (κ3) is 4.42. The Morgan fingerprint density at radius 1 is 1.39 bits per heavy atom. The van der Waals surface area contributed by atoms with Crippen LogP contribution in [-0.2, 0) is 6.42 Å². The van der Waals surface area contributed by atoms with Gasteiger partial charge in [0.2, 0.25) is 0 Å². The molecule has 3 atom stereocenters. The highest BCUT2D eigenvalue weighted by Crippen LogP contribution is 2.27. The van der Waals surface area contributed by atoms with E-state index in [0.717, 1.165) is 5.69 Å². The summed E-state index contributed by atoms with van der Waals surface area (Å²) in [5, 5.41) is 7.09. The van der Waals surface area contributed by atoms with Gasteiger partial charge in [0.05, 0.1) is 12.7 Å². The zero-order chi connectivity index (χ0) is 22.1. The third-order valence-corrected chi connectivity index (χ3v) is 5.54. The number of aromatic nitrogens is 4. The molecule has 3 N–H and O–H groups in total. The molecule has 10 heteroatoms. The molecule has 8 nitrogen and oxygen atoms in total. The van der Waals surface area contributed by atoms with Crippen LogP contribution in [0.3, 0.4) is 0 Å². The molecule has 1 aliphatic heterocycles. The summed E-state index contributed by atoms with van der Waals surface area (Å²) in [5.41, 5.74) is 7.28. The molecule has 0 aromatic carbocycles. The smallest absolute Gasteiger partial charge is 0.259 e.